The Balaban J connectivity index is 0.00000261. The van der Waals surface area contributed by atoms with Crippen molar-refractivity contribution >= 4 is 41.5 Å². The van der Waals surface area contributed by atoms with Gasteiger partial charge >= 0.3 is 0 Å². The van der Waals surface area contributed by atoms with E-state index >= 15 is 0 Å². The molecule has 7 heteroatoms. The maximum atomic E-state index is 13.6. The van der Waals surface area contributed by atoms with Crippen LogP contribution in [0.5, 0.6) is 0 Å². The Labute approximate surface area is 175 Å². The van der Waals surface area contributed by atoms with Gasteiger partial charge in [0.2, 0.25) is 5.91 Å². The number of halogens is 2. The van der Waals surface area contributed by atoms with Gasteiger partial charge in [-0.1, -0.05) is 30.3 Å². The number of carbonyl (C=O) groups excluding carboxylic acids is 1. The molecule has 5 nitrogen and oxygen atoms in total. The fourth-order valence-electron chi connectivity index (χ4n) is 3.06. The monoisotopic (exact) mass is 482 g/mol. The van der Waals surface area contributed by atoms with Gasteiger partial charge in [0.25, 0.3) is 0 Å². The molecule has 1 unspecified atom stereocenters. The molecule has 0 saturated carbocycles. The van der Waals surface area contributed by atoms with Crippen LogP contribution in [0.4, 0.5) is 10.1 Å². The lowest BCUT2D eigenvalue weighted by Crippen LogP contribution is -2.40. The van der Waals surface area contributed by atoms with E-state index in [2.05, 4.69) is 20.9 Å². The molecule has 1 aliphatic rings. The molecule has 0 aliphatic carbocycles. The number of nitrogens with zero attached hydrogens (tertiary/aromatic N) is 1. The van der Waals surface area contributed by atoms with E-state index in [9.17, 15) is 9.18 Å². The second-order valence-corrected chi connectivity index (χ2v) is 6.43. The number of para-hydroxylation sites is 1. The van der Waals surface area contributed by atoms with Crippen LogP contribution >= 0.6 is 24.0 Å². The number of carbonyl (C=O) groups is 1. The minimum Gasteiger partial charge on any atom is -0.356 e. The number of amides is 1. The first-order valence-corrected chi connectivity index (χ1v) is 8.65. The van der Waals surface area contributed by atoms with Crippen LogP contribution in [0, 0.1) is 12.7 Å². The number of rotatable bonds is 4. The quantitative estimate of drug-likeness (QED) is 0.355. The zero-order valence-electron chi connectivity index (χ0n) is 15.4. The number of aryl methyl sites for hydroxylation is 1. The average Bonchev–Trinajstić information content (AvgIpc) is 2.64. The number of fused-ring (bicyclic) bond motifs is 1. The van der Waals surface area contributed by atoms with Gasteiger partial charge in [-0.2, -0.15) is 0 Å². The SMILES string of the molecule is CN=C(NCc1ccc(C)c(F)c1)NCC1CC(=O)Nc2ccccc21.I. The van der Waals surface area contributed by atoms with Crippen LogP contribution in [0.2, 0.25) is 0 Å². The van der Waals surface area contributed by atoms with Crippen LogP contribution in [0.3, 0.4) is 0 Å². The number of hydrogen-bond donors (Lipinski definition) is 3. The maximum absolute atomic E-state index is 13.6. The van der Waals surface area contributed by atoms with Gasteiger partial charge in [-0.15, -0.1) is 24.0 Å². The van der Waals surface area contributed by atoms with Crippen molar-refractivity contribution in [1.82, 2.24) is 10.6 Å². The van der Waals surface area contributed by atoms with E-state index < -0.39 is 0 Å². The number of benzene rings is 2. The first kappa shape index (κ1) is 21.1. The summed E-state index contributed by atoms with van der Waals surface area (Å²) in [6.07, 6.45) is 0.435. The van der Waals surface area contributed by atoms with Crippen LogP contribution in [0.25, 0.3) is 0 Å². The van der Waals surface area contributed by atoms with E-state index in [4.69, 9.17) is 0 Å². The van der Waals surface area contributed by atoms with Crippen molar-refractivity contribution in [3.05, 3.63) is 65.0 Å². The average molecular weight is 482 g/mol. The fourth-order valence-corrected chi connectivity index (χ4v) is 3.06. The zero-order valence-corrected chi connectivity index (χ0v) is 17.7. The van der Waals surface area contributed by atoms with Crippen molar-refractivity contribution < 1.29 is 9.18 Å². The van der Waals surface area contributed by atoms with E-state index in [0.717, 1.165) is 16.8 Å². The van der Waals surface area contributed by atoms with Gasteiger partial charge in [-0.05, 0) is 35.7 Å². The fraction of sp³-hybridized carbons (Fsp3) is 0.300. The first-order chi connectivity index (χ1) is 12.6. The molecule has 3 N–H and O–H groups in total. The van der Waals surface area contributed by atoms with Gasteiger partial charge in [0, 0.05) is 38.2 Å². The molecule has 1 amide bonds. The Hall–Kier alpha value is -2.16. The maximum Gasteiger partial charge on any atom is 0.225 e. The van der Waals surface area contributed by atoms with E-state index in [0.29, 0.717) is 31.0 Å². The van der Waals surface area contributed by atoms with Crippen molar-refractivity contribution in [2.75, 3.05) is 18.9 Å². The van der Waals surface area contributed by atoms with E-state index in [-0.39, 0.29) is 41.6 Å². The van der Waals surface area contributed by atoms with E-state index in [1.165, 1.54) is 6.07 Å². The molecule has 144 valence electrons. The third-order valence-electron chi connectivity index (χ3n) is 4.54. The molecule has 27 heavy (non-hydrogen) atoms. The van der Waals surface area contributed by atoms with Gasteiger partial charge in [0.1, 0.15) is 5.82 Å². The number of guanidine groups is 1. The van der Waals surface area contributed by atoms with Crippen LogP contribution < -0.4 is 16.0 Å². The summed E-state index contributed by atoms with van der Waals surface area (Å²) in [6, 6.07) is 13.0. The van der Waals surface area contributed by atoms with Crippen LogP contribution in [0.1, 0.15) is 29.0 Å². The summed E-state index contributed by atoms with van der Waals surface area (Å²) in [4.78, 5) is 16.1. The predicted molar refractivity (Wildman–Crippen MR) is 117 cm³/mol. The largest absolute Gasteiger partial charge is 0.356 e. The Morgan fingerprint density at radius 3 is 2.78 bits per heavy atom. The molecule has 0 spiro atoms. The van der Waals surface area contributed by atoms with Gasteiger partial charge < -0.3 is 16.0 Å². The summed E-state index contributed by atoms with van der Waals surface area (Å²) >= 11 is 0. The number of hydrogen-bond acceptors (Lipinski definition) is 2. The molecule has 2 aromatic rings. The summed E-state index contributed by atoms with van der Waals surface area (Å²) in [6.45, 7) is 2.80. The zero-order chi connectivity index (χ0) is 18.5. The van der Waals surface area contributed by atoms with Crippen molar-refractivity contribution in [3.63, 3.8) is 0 Å². The standard InChI is InChI=1S/C20H23FN4O.HI/c1-13-7-8-14(9-17(13)21)11-23-20(22-2)24-12-15-10-19(26)25-18-6-4-3-5-16(15)18;/h3-9,15H,10-12H2,1-2H3,(H,25,26)(H2,22,23,24);1H. The highest BCUT2D eigenvalue weighted by Crippen LogP contribution is 2.31. The molecular formula is C20H24FIN4O. The van der Waals surface area contributed by atoms with Gasteiger partial charge in [0.15, 0.2) is 5.96 Å². The smallest absolute Gasteiger partial charge is 0.225 e. The molecule has 0 aromatic heterocycles. The van der Waals surface area contributed by atoms with E-state index in [1.54, 1.807) is 20.0 Å². The highest BCUT2D eigenvalue weighted by atomic mass is 127. The number of aliphatic imine (C=N–C) groups is 1. The van der Waals surface area contributed by atoms with Crippen molar-refractivity contribution in [2.24, 2.45) is 4.99 Å². The molecule has 3 rings (SSSR count). The third-order valence-corrected chi connectivity index (χ3v) is 4.54. The van der Waals surface area contributed by atoms with Crippen molar-refractivity contribution in [2.45, 2.75) is 25.8 Å². The van der Waals surface area contributed by atoms with Crippen LogP contribution in [-0.2, 0) is 11.3 Å². The lowest BCUT2D eigenvalue weighted by Gasteiger charge is -2.26. The number of nitrogens with one attached hydrogen (secondary N) is 3. The molecular weight excluding hydrogens is 458 g/mol. The Morgan fingerprint density at radius 1 is 1.26 bits per heavy atom. The van der Waals surface area contributed by atoms with Crippen LogP contribution in [-0.4, -0.2) is 25.5 Å². The molecule has 1 heterocycles. The molecule has 0 saturated heterocycles. The van der Waals surface area contributed by atoms with Gasteiger partial charge in [-0.25, -0.2) is 4.39 Å². The van der Waals surface area contributed by atoms with Crippen molar-refractivity contribution in [1.29, 1.82) is 0 Å². The van der Waals surface area contributed by atoms with Crippen LogP contribution in [0.15, 0.2) is 47.5 Å². The summed E-state index contributed by atoms with van der Waals surface area (Å²) in [5.74, 6) is 0.510. The summed E-state index contributed by atoms with van der Waals surface area (Å²) < 4.78 is 13.6. The predicted octanol–water partition coefficient (Wildman–Crippen LogP) is 3.54. The summed E-state index contributed by atoms with van der Waals surface area (Å²) in [7, 11) is 1.69. The Morgan fingerprint density at radius 2 is 2.04 bits per heavy atom. The van der Waals surface area contributed by atoms with Gasteiger partial charge in [0.05, 0.1) is 0 Å². The van der Waals surface area contributed by atoms with Gasteiger partial charge in [-0.3, -0.25) is 9.79 Å². The third kappa shape index (κ3) is 5.41. The number of anilines is 1. The molecule has 1 aliphatic heterocycles. The normalized spacial score (nSPS) is 16.0. The minimum atomic E-state index is -0.211. The van der Waals surface area contributed by atoms with Crippen molar-refractivity contribution in [3.8, 4) is 0 Å². The lowest BCUT2D eigenvalue weighted by atomic mass is 9.90. The molecule has 0 radical (unpaired) electrons. The molecule has 0 fully saturated rings. The van der Waals surface area contributed by atoms with E-state index in [1.807, 2.05) is 30.3 Å². The Kier molecular flexibility index (Phi) is 7.58. The molecule has 2 aromatic carbocycles. The highest BCUT2D eigenvalue weighted by molar-refractivity contribution is 14.0. The second-order valence-electron chi connectivity index (χ2n) is 6.43. The molecule has 1 atom stereocenters. The lowest BCUT2D eigenvalue weighted by molar-refractivity contribution is -0.116. The molecule has 0 bridgehead atoms. The Bertz CT molecular complexity index is 840. The minimum absolute atomic E-state index is 0. The summed E-state index contributed by atoms with van der Waals surface area (Å²) in [5.41, 5.74) is 3.47. The first-order valence-electron chi connectivity index (χ1n) is 8.65. The summed E-state index contributed by atoms with van der Waals surface area (Å²) in [5, 5.41) is 9.34. The highest BCUT2D eigenvalue weighted by Gasteiger charge is 2.24. The topological polar surface area (TPSA) is 65.5 Å². The second kappa shape index (κ2) is 9.68.